The lowest BCUT2D eigenvalue weighted by Crippen LogP contribution is -2.06. The highest BCUT2D eigenvalue weighted by Gasteiger charge is 2.07. The molecule has 1 aromatic heterocycles. The van der Waals surface area contributed by atoms with E-state index in [9.17, 15) is 4.79 Å². The van der Waals surface area contributed by atoms with Crippen molar-refractivity contribution in [3.05, 3.63) is 22.3 Å². The van der Waals surface area contributed by atoms with Crippen molar-refractivity contribution in [3.63, 3.8) is 0 Å². The Hall–Kier alpha value is -1.10. The average molecular weight is 245 g/mol. The number of anilines is 1. The summed E-state index contributed by atoms with van der Waals surface area (Å²) in [5.74, 6) is 0.0911. The molecule has 1 rings (SSSR count). The molecule has 0 saturated heterocycles. The van der Waals surface area contributed by atoms with Crippen molar-refractivity contribution in [1.82, 2.24) is 4.98 Å². The molecule has 0 fully saturated rings. The molecule has 0 aromatic carbocycles. The molecule has 0 atom stereocenters. The first-order valence-electron chi connectivity index (χ1n) is 3.60. The first kappa shape index (κ1) is 9.98. The van der Waals surface area contributed by atoms with Crippen molar-refractivity contribution in [2.24, 2.45) is 0 Å². The highest BCUT2D eigenvalue weighted by atomic mass is 79.9. The molecule has 0 unspecified atom stereocenters. The van der Waals surface area contributed by atoms with Gasteiger partial charge in [-0.25, -0.2) is 4.98 Å². The van der Waals surface area contributed by atoms with E-state index >= 15 is 0 Å². The van der Waals surface area contributed by atoms with Crippen LogP contribution < -0.4 is 5.73 Å². The van der Waals surface area contributed by atoms with Crippen LogP contribution >= 0.6 is 15.9 Å². The number of carbonyl (C=O) groups is 1. The zero-order valence-electron chi connectivity index (χ0n) is 7.08. The molecule has 4 nitrogen and oxygen atoms in total. The fourth-order valence-electron chi connectivity index (χ4n) is 0.862. The summed E-state index contributed by atoms with van der Waals surface area (Å²) >= 11 is 3.26. The van der Waals surface area contributed by atoms with Gasteiger partial charge in [-0.15, -0.1) is 0 Å². The van der Waals surface area contributed by atoms with Crippen molar-refractivity contribution in [2.45, 2.75) is 6.42 Å². The number of aromatic nitrogens is 1. The lowest BCUT2D eigenvalue weighted by molar-refractivity contribution is -0.139. The maximum Gasteiger partial charge on any atom is 0.310 e. The van der Waals surface area contributed by atoms with E-state index < -0.39 is 0 Å². The fourth-order valence-corrected chi connectivity index (χ4v) is 1.22. The Morgan fingerprint density at radius 1 is 1.77 bits per heavy atom. The molecule has 1 heterocycles. The third-order valence-electron chi connectivity index (χ3n) is 1.52. The van der Waals surface area contributed by atoms with Gasteiger partial charge in [-0.2, -0.15) is 0 Å². The molecular weight excluding hydrogens is 236 g/mol. The first-order valence-corrected chi connectivity index (χ1v) is 4.39. The van der Waals surface area contributed by atoms with Crippen LogP contribution in [0.5, 0.6) is 0 Å². The summed E-state index contributed by atoms with van der Waals surface area (Å²) in [7, 11) is 1.35. The Balaban J connectivity index is 2.87. The van der Waals surface area contributed by atoms with E-state index in [-0.39, 0.29) is 12.4 Å². The van der Waals surface area contributed by atoms with Gasteiger partial charge in [0, 0.05) is 10.7 Å². The van der Waals surface area contributed by atoms with Gasteiger partial charge >= 0.3 is 5.97 Å². The number of ether oxygens (including phenoxy) is 1. The minimum absolute atomic E-state index is 0.198. The topological polar surface area (TPSA) is 65.2 Å². The number of hydrogen-bond donors (Lipinski definition) is 1. The van der Waals surface area contributed by atoms with Gasteiger partial charge in [-0.05, 0) is 27.6 Å². The van der Waals surface area contributed by atoms with Gasteiger partial charge < -0.3 is 10.5 Å². The van der Waals surface area contributed by atoms with Gasteiger partial charge in [0.2, 0.25) is 0 Å². The third kappa shape index (κ3) is 2.69. The molecule has 0 aliphatic carbocycles. The Labute approximate surface area is 84.2 Å². The second-order valence-corrected chi connectivity index (χ2v) is 3.31. The van der Waals surface area contributed by atoms with E-state index in [1.165, 1.54) is 7.11 Å². The van der Waals surface area contributed by atoms with Gasteiger partial charge in [-0.3, -0.25) is 4.79 Å². The summed E-state index contributed by atoms with van der Waals surface area (Å²) in [5, 5.41) is 0. The van der Waals surface area contributed by atoms with Crippen LogP contribution in [0.25, 0.3) is 0 Å². The quantitative estimate of drug-likeness (QED) is 0.793. The summed E-state index contributed by atoms with van der Waals surface area (Å²) in [5.41, 5.74) is 6.24. The van der Waals surface area contributed by atoms with Crippen LogP contribution in [0, 0.1) is 0 Å². The van der Waals surface area contributed by atoms with Gasteiger partial charge in [-0.1, -0.05) is 0 Å². The first-order chi connectivity index (χ1) is 6.13. The summed E-state index contributed by atoms with van der Waals surface area (Å²) in [4.78, 5) is 14.8. The normalized spacial score (nSPS) is 9.69. The van der Waals surface area contributed by atoms with E-state index in [2.05, 4.69) is 25.7 Å². The van der Waals surface area contributed by atoms with Crippen molar-refractivity contribution in [1.29, 1.82) is 0 Å². The Bertz CT molecular complexity index is 328. The highest BCUT2D eigenvalue weighted by Crippen LogP contribution is 2.17. The van der Waals surface area contributed by atoms with Crippen molar-refractivity contribution in [3.8, 4) is 0 Å². The molecule has 0 aliphatic rings. The molecule has 13 heavy (non-hydrogen) atoms. The zero-order valence-corrected chi connectivity index (χ0v) is 8.67. The number of nitrogen functional groups attached to an aromatic ring is 1. The van der Waals surface area contributed by atoms with E-state index in [1.54, 1.807) is 12.3 Å². The van der Waals surface area contributed by atoms with Gasteiger partial charge in [0.05, 0.1) is 13.5 Å². The number of nitrogens with two attached hydrogens (primary N) is 1. The number of pyridine rings is 1. The Morgan fingerprint density at radius 3 is 3.08 bits per heavy atom. The van der Waals surface area contributed by atoms with Crippen LogP contribution in [0.2, 0.25) is 0 Å². The number of carbonyl (C=O) groups excluding carboxylic acids is 1. The number of halogens is 1. The molecule has 0 bridgehead atoms. The Morgan fingerprint density at radius 2 is 2.46 bits per heavy atom. The van der Waals surface area contributed by atoms with Gasteiger partial charge in [0.1, 0.15) is 5.82 Å². The minimum Gasteiger partial charge on any atom is -0.469 e. The number of methoxy groups -OCH3 is 1. The van der Waals surface area contributed by atoms with Crippen molar-refractivity contribution >= 4 is 27.7 Å². The summed E-state index contributed by atoms with van der Waals surface area (Å²) < 4.78 is 5.28. The SMILES string of the molecule is COC(=O)Cc1cc(N)ncc1Br. The molecule has 1 aromatic rings. The lowest BCUT2D eigenvalue weighted by atomic mass is 10.2. The van der Waals surface area contributed by atoms with E-state index in [0.29, 0.717) is 5.82 Å². The number of hydrogen-bond acceptors (Lipinski definition) is 4. The van der Waals surface area contributed by atoms with Crippen LogP contribution in [0.3, 0.4) is 0 Å². The van der Waals surface area contributed by atoms with Crippen molar-refractivity contribution < 1.29 is 9.53 Å². The smallest absolute Gasteiger partial charge is 0.310 e. The fraction of sp³-hybridized carbons (Fsp3) is 0.250. The van der Waals surface area contributed by atoms with Crippen LogP contribution in [0.4, 0.5) is 5.82 Å². The molecule has 2 N–H and O–H groups in total. The van der Waals surface area contributed by atoms with Crippen LogP contribution in [-0.2, 0) is 16.0 Å². The molecule has 0 radical (unpaired) electrons. The monoisotopic (exact) mass is 244 g/mol. The van der Waals surface area contributed by atoms with Crippen molar-refractivity contribution in [2.75, 3.05) is 12.8 Å². The van der Waals surface area contributed by atoms with E-state index in [4.69, 9.17) is 5.73 Å². The second-order valence-electron chi connectivity index (χ2n) is 2.45. The number of rotatable bonds is 2. The lowest BCUT2D eigenvalue weighted by Gasteiger charge is -2.03. The van der Waals surface area contributed by atoms with Crippen LogP contribution in [0.15, 0.2) is 16.7 Å². The van der Waals surface area contributed by atoms with Crippen LogP contribution in [0.1, 0.15) is 5.56 Å². The second kappa shape index (κ2) is 4.23. The maximum atomic E-state index is 10.9. The molecule has 0 amide bonds. The molecule has 0 spiro atoms. The standard InChI is InChI=1S/C8H9BrN2O2/c1-13-8(12)3-5-2-7(10)11-4-6(5)9/h2,4H,3H2,1H3,(H2,10,11). The largest absolute Gasteiger partial charge is 0.469 e. The van der Waals surface area contributed by atoms with Crippen LogP contribution in [-0.4, -0.2) is 18.1 Å². The van der Waals surface area contributed by atoms with Gasteiger partial charge in [0.25, 0.3) is 0 Å². The molecule has 70 valence electrons. The average Bonchev–Trinajstić information content (AvgIpc) is 2.11. The molecule has 5 heteroatoms. The number of esters is 1. The molecule has 0 aliphatic heterocycles. The van der Waals surface area contributed by atoms with Gasteiger partial charge in [0.15, 0.2) is 0 Å². The summed E-state index contributed by atoms with van der Waals surface area (Å²) in [6, 6.07) is 1.64. The third-order valence-corrected chi connectivity index (χ3v) is 2.23. The van der Waals surface area contributed by atoms with E-state index in [1.807, 2.05) is 0 Å². The summed E-state index contributed by atoms with van der Waals surface area (Å²) in [6.07, 6.45) is 1.76. The minimum atomic E-state index is -0.300. The molecule has 0 saturated carbocycles. The highest BCUT2D eigenvalue weighted by molar-refractivity contribution is 9.10. The zero-order chi connectivity index (χ0) is 9.84. The predicted octanol–water partition coefficient (Wildman–Crippen LogP) is 1.14. The summed E-state index contributed by atoms with van der Waals surface area (Å²) in [6.45, 7) is 0. The maximum absolute atomic E-state index is 10.9. The Kier molecular flexibility index (Phi) is 3.25. The number of nitrogens with zero attached hydrogens (tertiary/aromatic N) is 1. The molecular formula is C8H9BrN2O2. The predicted molar refractivity (Wildman–Crippen MR) is 52.1 cm³/mol. The van der Waals surface area contributed by atoms with E-state index in [0.717, 1.165) is 10.0 Å².